The Morgan fingerprint density at radius 2 is 1.65 bits per heavy atom. The third-order valence-corrected chi connectivity index (χ3v) is 5.93. The van der Waals surface area contributed by atoms with Gasteiger partial charge >= 0.3 is 0 Å². The van der Waals surface area contributed by atoms with Crippen LogP contribution in [0.5, 0.6) is 5.75 Å². The van der Waals surface area contributed by atoms with Crippen molar-refractivity contribution in [2.75, 3.05) is 13.7 Å². The molecular weight excluding hydrogens is 473 g/mol. The van der Waals surface area contributed by atoms with Gasteiger partial charge in [0, 0.05) is 6.54 Å². The van der Waals surface area contributed by atoms with Crippen molar-refractivity contribution in [1.29, 1.82) is 0 Å². The lowest BCUT2D eigenvalue weighted by molar-refractivity contribution is 0.0954. The second kappa shape index (κ2) is 10.5. The van der Waals surface area contributed by atoms with Crippen molar-refractivity contribution in [3.63, 3.8) is 0 Å². The van der Waals surface area contributed by atoms with Crippen LogP contribution in [0.2, 0.25) is 10.0 Å². The monoisotopic (exact) mass is 493 g/mol. The van der Waals surface area contributed by atoms with Crippen LogP contribution in [0.15, 0.2) is 83.8 Å². The third kappa shape index (κ3) is 4.98. The number of rotatable bonds is 7. The predicted octanol–water partition coefficient (Wildman–Crippen LogP) is 5.19. The van der Waals surface area contributed by atoms with Gasteiger partial charge in [-0.1, -0.05) is 71.7 Å². The molecule has 6 nitrogen and oxygen atoms in total. The quantitative estimate of drug-likeness (QED) is 0.384. The predicted molar refractivity (Wildman–Crippen MR) is 134 cm³/mol. The number of nitrogens with one attached hydrogen (secondary N) is 1. The van der Waals surface area contributed by atoms with E-state index < -0.39 is 0 Å². The fraction of sp³-hybridized carbons (Fsp3) is 0.115. The fourth-order valence-corrected chi connectivity index (χ4v) is 4.14. The summed E-state index contributed by atoms with van der Waals surface area (Å²) in [5.41, 5.74) is 2.79. The Morgan fingerprint density at radius 1 is 0.971 bits per heavy atom. The average Bonchev–Trinajstić information content (AvgIpc) is 2.85. The molecule has 0 aliphatic rings. The summed E-state index contributed by atoms with van der Waals surface area (Å²) < 4.78 is 6.76. The number of carbonyl (C=O) groups excluding carboxylic acids is 1. The number of hydrogen-bond donors (Lipinski definition) is 1. The van der Waals surface area contributed by atoms with Gasteiger partial charge in [-0.25, -0.2) is 0 Å². The average molecular weight is 494 g/mol. The summed E-state index contributed by atoms with van der Waals surface area (Å²) in [5.74, 6) is 0.0732. The zero-order chi connectivity index (χ0) is 24.1. The molecule has 0 bridgehead atoms. The molecule has 4 aromatic rings. The highest BCUT2D eigenvalue weighted by molar-refractivity contribution is 6.39. The van der Waals surface area contributed by atoms with Crippen LogP contribution < -0.4 is 15.6 Å². The SMILES string of the molecule is COc1cnn(-c2ccccc2)c(=O)c1-c1ccc(CCNC(=O)c2c(Cl)cccc2Cl)cc1. The van der Waals surface area contributed by atoms with Gasteiger partial charge in [-0.2, -0.15) is 9.78 Å². The molecule has 1 amide bonds. The van der Waals surface area contributed by atoms with Gasteiger partial charge in [0.2, 0.25) is 0 Å². The largest absolute Gasteiger partial charge is 0.494 e. The van der Waals surface area contributed by atoms with E-state index in [4.69, 9.17) is 27.9 Å². The van der Waals surface area contributed by atoms with Crippen LogP contribution in [0.3, 0.4) is 0 Å². The Balaban J connectivity index is 1.51. The van der Waals surface area contributed by atoms with Crippen LogP contribution in [-0.2, 0) is 6.42 Å². The zero-order valence-corrected chi connectivity index (χ0v) is 19.8. The second-order valence-electron chi connectivity index (χ2n) is 7.44. The zero-order valence-electron chi connectivity index (χ0n) is 18.3. The van der Waals surface area contributed by atoms with E-state index >= 15 is 0 Å². The molecule has 0 aliphatic heterocycles. The molecule has 3 aromatic carbocycles. The van der Waals surface area contributed by atoms with E-state index in [1.807, 2.05) is 54.6 Å². The normalized spacial score (nSPS) is 10.7. The van der Waals surface area contributed by atoms with Crippen LogP contribution in [0.25, 0.3) is 16.8 Å². The van der Waals surface area contributed by atoms with Crippen molar-refractivity contribution in [3.8, 4) is 22.6 Å². The highest BCUT2D eigenvalue weighted by atomic mass is 35.5. The molecule has 1 N–H and O–H groups in total. The number of hydrogen-bond acceptors (Lipinski definition) is 4. The van der Waals surface area contributed by atoms with Gasteiger partial charge in [-0.3, -0.25) is 9.59 Å². The molecule has 0 aliphatic carbocycles. The molecule has 34 heavy (non-hydrogen) atoms. The van der Waals surface area contributed by atoms with Crippen molar-refractivity contribution < 1.29 is 9.53 Å². The van der Waals surface area contributed by atoms with Crippen LogP contribution >= 0.6 is 23.2 Å². The highest BCUT2D eigenvalue weighted by Gasteiger charge is 2.16. The number of amides is 1. The van der Waals surface area contributed by atoms with E-state index in [2.05, 4.69) is 10.4 Å². The van der Waals surface area contributed by atoms with Crippen molar-refractivity contribution in [2.24, 2.45) is 0 Å². The van der Waals surface area contributed by atoms with Crippen molar-refractivity contribution in [1.82, 2.24) is 15.1 Å². The molecule has 172 valence electrons. The molecule has 1 heterocycles. The maximum Gasteiger partial charge on any atom is 0.283 e. The van der Waals surface area contributed by atoms with Gasteiger partial charge < -0.3 is 10.1 Å². The van der Waals surface area contributed by atoms with E-state index in [-0.39, 0.29) is 17.0 Å². The summed E-state index contributed by atoms with van der Waals surface area (Å²) in [4.78, 5) is 25.7. The maximum absolute atomic E-state index is 13.2. The van der Waals surface area contributed by atoms with Crippen LogP contribution in [0, 0.1) is 0 Å². The fourth-order valence-electron chi connectivity index (χ4n) is 3.57. The van der Waals surface area contributed by atoms with Crippen molar-refractivity contribution >= 4 is 29.1 Å². The first kappa shape index (κ1) is 23.5. The number of para-hydroxylation sites is 1. The Bertz CT molecular complexity index is 1350. The number of halogens is 2. The third-order valence-electron chi connectivity index (χ3n) is 5.30. The Labute approximate surface area is 206 Å². The van der Waals surface area contributed by atoms with Gasteiger partial charge in [0.1, 0.15) is 0 Å². The number of ether oxygens (including phenoxy) is 1. The Kier molecular flexibility index (Phi) is 7.30. The van der Waals surface area contributed by atoms with Gasteiger partial charge in [0.15, 0.2) is 5.75 Å². The molecular formula is C26H21Cl2N3O3. The number of benzene rings is 3. The van der Waals surface area contributed by atoms with Gasteiger partial charge in [-0.15, -0.1) is 0 Å². The van der Waals surface area contributed by atoms with Crippen LogP contribution in [0.4, 0.5) is 0 Å². The maximum atomic E-state index is 13.2. The van der Waals surface area contributed by atoms with E-state index in [1.165, 1.54) is 18.0 Å². The lowest BCUT2D eigenvalue weighted by Crippen LogP contribution is -2.26. The Morgan fingerprint density at radius 3 is 2.29 bits per heavy atom. The molecule has 0 fully saturated rings. The van der Waals surface area contributed by atoms with Crippen LogP contribution in [-0.4, -0.2) is 29.3 Å². The topological polar surface area (TPSA) is 73.2 Å². The smallest absolute Gasteiger partial charge is 0.283 e. The molecule has 0 unspecified atom stereocenters. The molecule has 8 heteroatoms. The van der Waals surface area contributed by atoms with E-state index in [0.29, 0.717) is 45.6 Å². The van der Waals surface area contributed by atoms with Crippen molar-refractivity contribution in [2.45, 2.75) is 6.42 Å². The molecule has 0 radical (unpaired) electrons. The molecule has 0 atom stereocenters. The minimum Gasteiger partial charge on any atom is -0.494 e. The van der Waals surface area contributed by atoms with Crippen LogP contribution in [0.1, 0.15) is 15.9 Å². The molecule has 0 saturated heterocycles. The molecule has 1 aromatic heterocycles. The summed E-state index contributed by atoms with van der Waals surface area (Å²) >= 11 is 12.2. The van der Waals surface area contributed by atoms with E-state index in [0.717, 1.165) is 5.56 Å². The minimum absolute atomic E-state index is 0.264. The number of nitrogens with zero attached hydrogens (tertiary/aromatic N) is 2. The van der Waals surface area contributed by atoms with Gasteiger partial charge in [-0.05, 0) is 41.8 Å². The standard InChI is InChI=1S/C26H21Cl2N3O3/c1-34-22-16-30-31(19-6-3-2-4-7-19)26(33)23(22)18-12-10-17(11-13-18)14-15-29-25(32)24-20(27)8-5-9-21(24)28/h2-13,16H,14-15H2,1H3,(H,29,32). The first-order valence-electron chi connectivity index (χ1n) is 10.5. The summed E-state index contributed by atoms with van der Waals surface area (Å²) in [5, 5.41) is 7.69. The molecule has 0 spiro atoms. The lowest BCUT2D eigenvalue weighted by atomic mass is 10.0. The van der Waals surface area contributed by atoms with Gasteiger partial charge in [0.05, 0.1) is 40.2 Å². The van der Waals surface area contributed by atoms with E-state index in [1.54, 1.807) is 18.2 Å². The first-order valence-corrected chi connectivity index (χ1v) is 11.3. The Hall–Kier alpha value is -3.61. The summed E-state index contributed by atoms with van der Waals surface area (Å²) in [6.45, 7) is 0.402. The number of aromatic nitrogens is 2. The highest BCUT2D eigenvalue weighted by Crippen LogP contribution is 2.27. The number of carbonyl (C=O) groups is 1. The van der Waals surface area contributed by atoms with Gasteiger partial charge in [0.25, 0.3) is 11.5 Å². The first-order chi connectivity index (χ1) is 16.5. The summed E-state index contributed by atoms with van der Waals surface area (Å²) in [6.07, 6.45) is 2.13. The van der Waals surface area contributed by atoms with Crippen molar-refractivity contribution in [3.05, 3.63) is 111 Å². The summed E-state index contributed by atoms with van der Waals surface area (Å²) in [7, 11) is 1.51. The van der Waals surface area contributed by atoms with E-state index in [9.17, 15) is 9.59 Å². The summed E-state index contributed by atoms with van der Waals surface area (Å²) in [6, 6.07) is 21.7. The number of methoxy groups -OCH3 is 1. The molecule has 4 rings (SSSR count). The minimum atomic E-state index is -0.324. The molecule has 0 saturated carbocycles. The lowest BCUT2D eigenvalue weighted by Gasteiger charge is -2.12. The second-order valence-corrected chi connectivity index (χ2v) is 8.25.